The molecule has 4 amide bonds. The van der Waals surface area contributed by atoms with Crippen molar-refractivity contribution < 1.29 is 75.7 Å². The summed E-state index contributed by atoms with van der Waals surface area (Å²) in [5.74, 6) is -2.58. The van der Waals surface area contributed by atoms with E-state index in [0.29, 0.717) is 24.6 Å². The molecule has 2 fully saturated rings. The average Bonchev–Trinajstić information content (AvgIpc) is 3.15. The molecule has 26 heteroatoms. The van der Waals surface area contributed by atoms with Crippen LogP contribution in [0.4, 0.5) is 0 Å². The smallest absolute Gasteiger partial charge is 0.407 e. The lowest BCUT2D eigenvalue weighted by molar-refractivity contribution is -0.145. The van der Waals surface area contributed by atoms with Gasteiger partial charge in [-0.15, -0.1) is 0 Å². The molecule has 8 N–H and O–H groups in total. The lowest BCUT2D eigenvalue weighted by Gasteiger charge is -2.40. The van der Waals surface area contributed by atoms with Crippen molar-refractivity contribution in [2.75, 3.05) is 78.3 Å². The van der Waals surface area contributed by atoms with Gasteiger partial charge in [0.15, 0.2) is 12.2 Å². The van der Waals surface area contributed by atoms with E-state index >= 15 is 0 Å². The standard InChI is InChI=1S/C30H54N6O16P2S2/c1-29(2)17-49-53(45,35-19(15-37)27(43)47-5)51-23(29)25(41)33-9-7-21(39)31-11-13-55-56-14-12-32-22(40)8-10-34-26(42)24-30(3,4)18-50-54(46,52-24)36-20(16-38)28(44)48-6/h19-20,23-24,37-38H,7-18H2,1-6H3,(H,31,39)(H,32,40)(H,33,41)(H,34,42)(H,35,45)(H,36,46)/t19-,20-,23-,24-,53?,54?/m0/s1. The zero-order valence-electron chi connectivity index (χ0n) is 32.1. The monoisotopic (exact) mass is 880 g/mol. The fraction of sp³-hybridized carbons (Fsp3) is 0.800. The fourth-order valence-corrected chi connectivity index (χ4v) is 10.4. The van der Waals surface area contributed by atoms with Crippen molar-refractivity contribution in [1.29, 1.82) is 0 Å². The third kappa shape index (κ3) is 16.1. The first-order valence-corrected chi connectivity index (χ1v) is 22.9. The Morgan fingerprint density at radius 3 is 1.34 bits per heavy atom. The van der Waals surface area contributed by atoms with Crippen molar-refractivity contribution in [3.05, 3.63) is 0 Å². The van der Waals surface area contributed by atoms with Gasteiger partial charge in [0, 0.05) is 61.4 Å². The Hall–Kier alpha value is -2.34. The molecule has 0 aromatic rings. The summed E-state index contributed by atoms with van der Waals surface area (Å²) in [4.78, 5) is 73.9. The van der Waals surface area contributed by atoms with Crippen molar-refractivity contribution in [2.45, 2.75) is 64.8 Å². The molecule has 0 radical (unpaired) electrons. The zero-order valence-corrected chi connectivity index (χ0v) is 35.5. The molecule has 56 heavy (non-hydrogen) atoms. The zero-order chi connectivity index (χ0) is 42.2. The normalized spacial score (nSPS) is 25.1. The number of aliphatic hydroxyl groups is 2. The second-order valence-electron chi connectivity index (χ2n) is 13.7. The fourth-order valence-electron chi connectivity index (χ4n) is 4.76. The molecule has 0 aromatic heterocycles. The number of hydrogen-bond acceptors (Lipinski definition) is 18. The van der Waals surface area contributed by atoms with Crippen LogP contribution in [0.3, 0.4) is 0 Å². The van der Waals surface area contributed by atoms with Gasteiger partial charge in [0.05, 0.1) is 40.6 Å². The molecule has 0 aliphatic carbocycles. The van der Waals surface area contributed by atoms with Crippen molar-refractivity contribution in [3.8, 4) is 0 Å². The van der Waals surface area contributed by atoms with E-state index < -0.39 is 87.6 Å². The molecular weight excluding hydrogens is 826 g/mol. The molecule has 2 heterocycles. The Labute approximate surface area is 333 Å². The number of carbonyl (C=O) groups excluding carboxylic acids is 6. The van der Waals surface area contributed by atoms with E-state index in [0.717, 1.165) is 14.2 Å². The predicted octanol–water partition coefficient (Wildman–Crippen LogP) is -1.04. The molecule has 2 saturated heterocycles. The Balaban J connectivity index is 1.60. The Morgan fingerprint density at radius 1 is 0.661 bits per heavy atom. The number of ether oxygens (including phenoxy) is 2. The van der Waals surface area contributed by atoms with E-state index in [9.17, 15) is 48.1 Å². The van der Waals surface area contributed by atoms with E-state index in [-0.39, 0.29) is 51.0 Å². The molecule has 2 aliphatic heterocycles. The summed E-state index contributed by atoms with van der Waals surface area (Å²) in [6, 6.07) is -2.80. The van der Waals surface area contributed by atoms with Crippen LogP contribution in [-0.2, 0) is 65.5 Å². The second kappa shape index (κ2) is 23.3. The lowest BCUT2D eigenvalue weighted by atomic mass is 9.87. The van der Waals surface area contributed by atoms with E-state index in [2.05, 4.69) is 40.9 Å². The number of aliphatic hydroxyl groups excluding tert-OH is 2. The number of amides is 4. The summed E-state index contributed by atoms with van der Waals surface area (Å²) >= 11 is 0. The first-order valence-electron chi connectivity index (χ1n) is 17.4. The van der Waals surface area contributed by atoms with Gasteiger partial charge in [0.1, 0.15) is 12.1 Å². The van der Waals surface area contributed by atoms with Gasteiger partial charge in [-0.1, -0.05) is 49.3 Å². The van der Waals surface area contributed by atoms with Gasteiger partial charge in [-0.3, -0.25) is 46.9 Å². The van der Waals surface area contributed by atoms with Crippen LogP contribution in [0.1, 0.15) is 40.5 Å². The van der Waals surface area contributed by atoms with Gasteiger partial charge < -0.3 is 41.0 Å². The number of hydrogen-bond donors (Lipinski definition) is 8. The maximum absolute atomic E-state index is 13.1. The quantitative estimate of drug-likeness (QED) is 0.0263. The van der Waals surface area contributed by atoms with Crippen LogP contribution in [0, 0.1) is 10.8 Å². The van der Waals surface area contributed by atoms with E-state index in [1.165, 1.54) is 21.6 Å². The van der Waals surface area contributed by atoms with E-state index in [4.69, 9.17) is 18.1 Å². The van der Waals surface area contributed by atoms with Crippen molar-refractivity contribution in [2.24, 2.45) is 10.8 Å². The maximum Gasteiger partial charge on any atom is 0.407 e. The maximum atomic E-state index is 13.1. The highest BCUT2D eigenvalue weighted by Crippen LogP contribution is 2.54. The summed E-state index contributed by atoms with van der Waals surface area (Å²) in [7, 11) is -3.23. The number of rotatable bonds is 23. The molecule has 22 nitrogen and oxygen atoms in total. The summed E-state index contributed by atoms with van der Waals surface area (Å²) in [5, 5.41) is 34.1. The van der Waals surface area contributed by atoms with Crippen molar-refractivity contribution >= 4 is 72.6 Å². The molecule has 6 atom stereocenters. The first kappa shape index (κ1) is 49.8. The molecule has 2 rings (SSSR count). The van der Waals surface area contributed by atoms with Crippen molar-refractivity contribution in [1.82, 2.24) is 31.4 Å². The molecule has 0 bridgehead atoms. The third-order valence-corrected chi connectivity index (χ3v) is 13.5. The first-order chi connectivity index (χ1) is 26.2. The van der Waals surface area contributed by atoms with Gasteiger partial charge in [0.25, 0.3) is 0 Å². The topological polar surface area (TPSA) is 305 Å². The predicted molar refractivity (Wildman–Crippen MR) is 203 cm³/mol. The van der Waals surface area contributed by atoms with Gasteiger partial charge in [-0.2, -0.15) is 0 Å². The van der Waals surface area contributed by atoms with Crippen molar-refractivity contribution in [3.63, 3.8) is 0 Å². The van der Waals surface area contributed by atoms with Crippen LogP contribution in [0.5, 0.6) is 0 Å². The Bertz CT molecular complexity index is 1370. The van der Waals surface area contributed by atoms with E-state index in [1.54, 1.807) is 27.7 Å². The number of methoxy groups -OCH3 is 2. The van der Waals surface area contributed by atoms with Gasteiger partial charge in [-0.25, -0.2) is 19.3 Å². The number of esters is 2. The molecule has 0 aromatic carbocycles. The van der Waals surface area contributed by atoms with Gasteiger partial charge in [0.2, 0.25) is 23.6 Å². The third-order valence-electron chi connectivity index (χ3n) is 7.96. The molecular formula is C30H54N6O16P2S2. The van der Waals surface area contributed by atoms with Gasteiger partial charge >= 0.3 is 27.4 Å². The Kier molecular flexibility index (Phi) is 20.7. The van der Waals surface area contributed by atoms with E-state index in [1.807, 2.05) is 0 Å². The van der Waals surface area contributed by atoms with Crippen LogP contribution in [0.2, 0.25) is 0 Å². The molecule has 0 spiro atoms. The summed E-state index contributed by atoms with van der Waals surface area (Å²) < 4.78 is 56.7. The van der Waals surface area contributed by atoms with Crippen LogP contribution in [0.25, 0.3) is 0 Å². The number of carbonyl (C=O) groups is 6. The largest absolute Gasteiger partial charge is 0.468 e. The minimum Gasteiger partial charge on any atom is -0.468 e. The van der Waals surface area contributed by atoms with Crippen LogP contribution < -0.4 is 31.4 Å². The highest BCUT2D eigenvalue weighted by molar-refractivity contribution is 8.76. The van der Waals surface area contributed by atoms with Gasteiger partial charge in [-0.05, 0) is 0 Å². The average molecular weight is 881 g/mol. The van der Waals surface area contributed by atoms with Crippen LogP contribution in [0.15, 0.2) is 0 Å². The molecule has 2 unspecified atom stereocenters. The molecule has 2 aliphatic rings. The summed E-state index contributed by atoms with van der Waals surface area (Å²) in [6.45, 7) is 5.43. The summed E-state index contributed by atoms with van der Waals surface area (Å²) in [6.07, 6.45) is -2.58. The lowest BCUT2D eigenvalue weighted by Crippen LogP contribution is -2.52. The second-order valence-corrected chi connectivity index (χ2v) is 19.8. The minimum atomic E-state index is -4.17. The van der Waals surface area contributed by atoms with Crippen LogP contribution >= 0.6 is 37.1 Å². The Morgan fingerprint density at radius 2 is 1.02 bits per heavy atom. The highest BCUT2D eigenvalue weighted by atomic mass is 33.1. The minimum absolute atomic E-state index is 0.0307. The van der Waals surface area contributed by atoms with Crippen LogP contribution in [-0.4, -0.2) is 148 Å². The SMILES string of the molecule is COC(=O)[C@H](CO)NP1(=O)OCC(C)(C)[C@H](C(=O)NCCC(=O)NCCSSCCNC(=O)CCNC(=O)[C@@H]2OP(=O)(N[C@@H](CO)C(=O)OC)OCC2(C)C)O1. The number of nitrogens with one attached hydrogen (secondary N) is 6. The molecule has 0 saturated carbocycles. The highest BCUT2D eigenvalue weighted by Gasteiger charge is 2.50. The molecule has 322 valence electrons. The summed E-state index contributed by atoms with van der Waals surface area (Å²) in [5.41, 5.74) is -1.82.